The third kappa shape index (κ3) is 10.6. The predicted octanol–water partition coefficient (Wildman–Crippen LogP) is 3.21. The van der Waals surface area contributed by atoms with Gasteiger partial charge in [-0.25, -0.2) is 0 Å². The maximum absolute atomic E-state index is 10.5. The van der Waals surface area contributed by atoms with Crippen LogP contribution in [0.3, 0.4) is 0 Å². The number of hydrogen-bond acceptors (Lipinski definition) is 1. The summed E-state index contributed by atoms with van der Waals surface area (Å²) in [4.78, 5) is 10.5. The maximum Gasteiger partial charge on any atom is 0.152 e. The van der Waals surface area contributed by atoms with E-state index in [9.17, 15) is 4.79 Å². The number of rotatable bonds is 5. The molecule has 0 bridgehead atoms. The highest BCUT2D eigenvalue weighted by Crippen LogP contribution is 1.84. The van der Waals surface area contributed by atoms with Crippen LogP contribution in [0.15, 0.2) is 48.6 Å². The Balaban J connectivity index is 3.69. The second-order valence-corrected chi connectivity index (χ2v) is 2.58. The van der Waals surface area contributed by atoms with E-state index in [4.69, 9.17) is 0 Å². The van der Waals surface area contributed by atoms with Crippen molar-refractivity contribution in [2.24, 2.45) is 0 Å². The molecule has 0 aromatic carbocycles. The highest BCUT2D eigenvalue weighted by Gasteiger charge is 1.75. The van der Waals surface area contributed by atoms with Crippen molar-refractivity contribution < 1.29 is 4.79 Å². The molecular weight excluding hydrogens is 160 g/mol. The van der Waals surface area contributed by atoms with Crippen LogP contribution in [0.4, 0.5) is 0 Å². The fourth-order valence-electron chi connectivity index (χ4n) is 0.662. The van der Waals surface area contributed by atoms with E-state index in [1.165, 1.54) is 13.0 Å². The number of ketones is 1. The van der Waals surface area contributed by atoms with Gasteiger partial charge in [0.2, 0.25) is 0 Å². The molecule has 1 nitrogen and oxygen atoms in total. The monoisotopic (exact) mass is 176 g/mol. The van der Waals surface area contributed by atoms with Crippen LogP contribution in [0.5, 0.6) is 0 Å². The lowest BCUT2D eigenvalue weighted by molar-refractivity contribution is -0.112. The highest BCUT2D eigenvalue weighted by molar-refractivity contribution is 5.87. The third-order valence-corrected chi connectivity index (χ3v) is 1.26. The Morgan fingerprint density at radius 3 is 2.08 bits per heavy atom. The zero-order valence-corrected chi connectivity index (χ0v) is 8.23. The molecule has 0 unspecified atom stereocenters. The van der Waals surface area contributed by atoms with Gasteiger partial charge in [-0.2, -0.15) is 0 Å². The summed E-state index contributed by atoms with van der Waals surface area (Å²) in [7, 11) is 0. The largest absolute Gasteiger partial charge is 0.295 e. The molecule has 13 heavy (non-hydrogen) atoms. The van der Waals surface area contributed by atoms with Crippen molar-refractivity contribution in [2.75, 3.05) is 0 Å². The molecule has 0 radical (unpaired) electrons. The second-order valence-electron chi connectivity index (χ2n) is 2.58. The van der Waals surface area contributed by atoms with Gasteiger partial charge in [0.25, 0.3) is 0 Å². The van der Waals surface area contributed by atoms with Gasteiger partial charge in [-0.1, -0.05) is 49.5 Å². The molecule has 0 fully saturated rings. The van der Waals surface area contributed by atoms with Crippen molar-refractivity contribution in [2.45, 2.75) is 20.3 Å². The summed E-state index contributed by atoms with van der Waals surface area (Å²) in [6, 6.07) is 0. The first-order chi connectivity index (χ1) is 6.27. The molecule has 0 N–H and O–H groups in total. The Kier molecular flexibility index (Phi) is 7.80. The van der Waals surface area contributed by atoms with Crippen molar-refractivity contribution in [1.29, 1.82) is 0 Å². The molecule has 0 heterocycles. The van der Waals surface area contributed by atoms with Gasteiger partial charge in [-0.05, 0) is 19.4 Å². The second kappa shape index (κ2) is 8.72. The molecule has 0 saturated carbocycles. The Bertz CT molecular complexity index is 242. The summed E-state index contributed by atoms with van der Waals surface area (Å²) < 4.78 is 0. The molecule has 0 amide bonds. The van der Waals surface area contributed by atoms with Gasteiger partial charge < -0.3 is 0 Å². The van der Waals surface area contributed by atoms with E-state index in [-0.39, 0.29) is 5.78 Å². The minimum absolute atomic E-state index is 0.0690. The number of carbonyl (C=O) groups is 1. The first-order valence-corrected chi connectivity index (χ1v) is 4.44. The van der Waals surface area contributed by atoms with Crippen LogP contribution in [0, 0.1) is 0 Å². The molecule has 0 rings (SSSR count). The van der Waals surface area contributed by atoms with Gasteiger partial charge in [0.15, 0.2) is 5.78 Å². The summed E-state index contributed by atoms with van der Waals surface area (Å²) in [6.45, 7) is 3.62. The molecule has 1 heteroatoms. The van der Waals surface area contributed by atoms with Gasteiger partial charge in [0.1, 0.15) is 0 Å². The Morgan fingerprint density at radius 1 is 1.00 bits per heavy atom. The van der Waals surface area contributed by atoms with Crippen molar-refractivity contribution >= 4 is 5.78 Å². The fraction of sp³-hybridized carbons (Fsp3) is 0.250. The zero-order valence-electron chi connectivity index (χ0n) is 8.23. The van der Waals surface area contributed by atoms with E-state index in [0.717, 1.165) is 6.42 Å². The summed E-state index contributed by atoms with van der Waals surface area (Å²) >= 11 is 0. The summed E-state index contributed by atoms with van der Waals surface area (Å²) in [5.41, 5.74) is 0. The Labute approximate surface area is 80.2 Å². The van der Waals surface area contributed by atoms with Gasteiger partial charge >= 0.3 is 0 Å². The summed E-state index contributed by atoms with van der Waals surface area (Å²) in [6.07, 6.45) is 16.0. The minimum atomic E-state index is 0.0690. The van der Waals surface area contributed by atoms with Gasteiger partial charge in [-0.15, -0.1) is 0 Å². The van der Waals surface area contributed by atoms with Crippen molar-refractivity contribution in [3.8, 4) is 0 Å². The molecule has 70 valence electrons. The van der Waals surface area contributed by atoms with Crippen LogP contribution in [0.2, 0.25) is 0 Å². The van der Waals surface area contributed by atoms with Gasteiger partial charge in [0.05, 0.1) is 0 Å². The lowest BCUT2D eigenvalue weighted by Gasteiger charge is -1.75. The maximum atomic E-state index is 10.5. The predicted molar refractivity (Wildman–Crippen MR) is 57.5 cm³/mol. The van der Waals surface area contributed by atoms with Crippen LogP contribution in [0.1, 0.15) is 20.3 Å². The third-order valence-electron chi connectivity index (χ3n) is 1.26. The molecule has 0 aliphatic rings. The van der Waals surface area contributed by atoms with Crippen LogP contribution in [-0.2, 0) is 4.79 Å². The van der Waals surface area contributed by atoms with Crippen molar-refractivity contribution in [3.63, 3.8) is 0 Å². The van der Waals surface area contributed by atoms with Crippen LogP contribution >= 0.6 is 0 Å². The SMILES string of the molecule is CC/C=C/C=C/C=C/C=C/C(C)=O. The van der Waals surface area contributed by atoms with E-state index in [0.29, 0.717) is 0 Å². The van der Waals surface area contributed by atoms with Gasteiger partial charge in [-0.3, -0.25) is 4.79 Å². The quantitative estimate of drug-likeness (QED) is 0.464. The first kappa shape index (κ1) is 11.6. The number of carbonyl (C=O) groups excluding carboxylic acids is 1. The summed E-state index contributed by atoms with van der Waals surface area (Å²) in [5, 5.41) is 0. The van der Waals surface area contributed by atoms with Crippen molar-refractivity contribution in [1.82, 2.24) is 0 Å². The molecule has 0 aromatic heterocycles. The standard InChI is InChI=1S/C12H16O/c1-3-4-5-6-7-8-9-10-11-12(2)13/h4-11H,3H2,1-2H3/b5-4+,7-6+,9-8+,11-10+. The minimum Gasteiger partial charge on any atom is -0.295 e. The van der Waals surface area contributed by atoms with Crippen LogP contribution in [0.25, 0.3) is 0 Å². The molecular formula is C12H16O. The van der Waals surface area contributed by atoms with Gasteiger partial charge in [0, 0.05) is 0 Å². The molecule has 0 atom stereocenters. The van der Waals surface area contributed by atoms with Crippen LogP contribution < -0.4 is 0 Å². The molecule has 0 aliphatic heterocycles. The normalized spacial score (nSPS) is 12.8. The van der Waals surface area contributed by atoms with E-state index < -0.39 is 0 Å². The average Bonchev–Trinajstić information content (AvgIpc) is 2.09. The smallest absolute Gasteiger partial charge is 0.152 e. The molecule has 0 spiro atoms. The number of allylic oxidation sites excluding steroid dienone is 8. The van der Waals surface area contributed by atoms with E-state index in [2.05, 4.69) is 13.0 Å². The molecule has 0 aromatic rings. The van der Waals surface area contributed by atoms with Crippen molar-refractivity contribution in [3.05, 3.63) is 48.6 Å². The zero-order chi connectivity index (χ0) is 9.94. The topological polar surface area (TPSA) is 17.1 Å². The molecule has 0 aliphatic carbocycles. The Hall–Kier alpha value is -1.37. The van der Waals surface area contributed by atoms with E-state index in [1.807, 2.05) is 30.4 Å². The molecule has 0 saturated heterocycles. The fourth-order valence-corrected chi connectivity index (χ4v) is 0.662. The average molecular weight is 176 g/mol. The first-order valence-electron chi connectivity index (χ1n) is 4.44. The summed E-state index contributed by atoms with van der Waals surface area (Å²) in [5.74, 6) is 0.0690. The van der Waals surface area contributed by atoms with Crippen LogP contribution in [-0.4, -0.2) is 5.78 Å². The Morgan fingerprint density at radius 2 is 1.54 bits per heavy atom. The van der Waals surface area contributed by atoms with E-state index >= 15 is 0 Å². The number of hydrogen-bond donors (Lipinski definition) is 0. The van der Waals surface area contributed by atoms with E-state index in [1.54, 1.807) is 6.08 Å². The lowest BCUT2D eigenvalue weighted by Crippen LogP contribution is -1.77. The highest BCUT2D eigenvalue weighted by atomic mass is 16.1. The lowest BCUT2D eigenvalue weighted by atomic mass is 10.3.